The first-order chi connectivity index (χ1) is 12.6. The average Bonchev–Trinajstić information content (AvgIpc) is 2.93. The summed E-state index contributed by atoms with van der Waals surface area (Å²) in [5.74, 6) is -0.696. The van der Waals surface area contributed by atoms with Gasteiger partial charge in [0.05, 0.1) is 18.7 Å². The van der Waals surface area contributed by atoms with E-state index in [2.05, 4.69) is 0 Å². The predicted molar refractivity (Wildman–Crippen MR) is 98.7 cm³/mol. The summed E-state index contributed by atoms with van der Waals surface area (Å²) in [7, 11) is 1.58. The molecule has 2 aromatic rings. The molecule has 1 aliphatic rings. The number of Topliss-reactive ketones (excluding diaryl/α,β-unsaturated/α-hetero) is 1. The van der Waals surface area contributed by atoms with Crippen LogP contribution in [0.5, 0.6) is 5.75 Å². The summed E-state index contributed by atoms with van der Waals surface area (Å²) >= 11 is 0. The van der Waals surface area contributed by atoms with Gasteiger partial charge in [-0.2, -0.15) is 0 Å². The van der Waals surface area contributed by atoms with E-state index in [1.807, 2.05) is 25.1 Å². The van der Waals surface area contributed by atoms with E-state index in [4.69, 9.17) is 4.74 Å². The number of hydrogen-bond acceptors (Lipinski definition) is 4. The second-order valence-electron chi connectivity index (χ2n) is 6.13. The highest BCUT2D eigenvalue weighted by Crippen LogP contribution is 2.39. The Balaban J connectivity index is 2.15. The van der Waals surface area contributed by atoms with Crippen molar-refractivity contribution >= 4 is 17.4 Å². The summed E-state index contributed by atoms with van der Waals surface area (Å²) in [4.78, 5) is 26.8. The van der Waals surface area contributed by atoms with E-state index in [0.29, 0.717) is 24.3 Å². The normalized spacial score (nSPS) is 19.0. The summed E-state index contributed by atoms with van der Waals surface area (Å²) < 4.78 is 5.18. The van der Waals surface area contributed by atoms with Gasteiger partial charge < -0.3 is 14.7 Å². The Kier molecular flexibility index (Phi) is 5.07. The van der Waals surface area contributed by atoms with Crippen molar-refractivity contribution in [1.29, 1.82) is 0 Å². The quantitative estimate of drug-likeness (QED) is 0.508. The van der Waals surface area contributed by atoms with E-state index in [9.17, 15) is 14.7 Å². The van der Waals surface area contributed by atoms with Crippen LogP contribution in [-0.2, 0) is 9.59 Å². The molecule has 5 heteroatoms. The smallest absolute Gasteiger partial charge is 0.295 e. The van der Waals surface area contributed by atoms with Gasteiger partial charge in [0.25, 0.3) is 11.7 Å². The molecule has 1 N–H and O–H groups in total. The zero-order valence-electron chi connectivity index (χ0n) is 14.8. The summed E-state index contributed by atoms with van der Waals surface area (Å²) in [5.41, 5.74) is 1.40. The fourth-order valence-electron chi connectivity index (χ4n) is 3.24. The SMILES string of the molecule is CCCN1C(=O)C(=O)/C(=C(\O)c2ccccc2)C1c1ccc(OC)cc1. The van der Waals surface area contributed by atoms with Crippen LogP contribution in [0.15, 0.2) is 60.2 Å². The number of aliphatic hydroxyl groups is 1. The summed E-state index contributed by atoms with van der Waals surface area (Å²) in [5, 5.41) is 10.8. The number of benzene rings is 2. The van der Waals surface area contributed by atoms with Crippen LogP contribution in [0.25, 0.3) is 5.76 Å². The van der Waals surface area contributed by atoms with E-state index >= 15 is 0 Å². The molecule has 1 amide bonds. The van der Waals surface area contributed by atoms with Crippen molar-refractivity contribution in [2.45, 2.75) is 19.4 Å². The van der Waals surface area contributed by atoms with Gasteiger partial charge in [-0.1, -0.05) is 49.4 Å². The maximum atomic E-state index is 12.7. The third kappa shape index (κ3) is 3.08. The van der Waals surface area contributed by atoms with E-state index in [1.54, 1.807) is 43.5 Å². The lowest BCUT2D eigenvalue weighted by molar-refractivity contribution is -0.139. The number of likely N-dealkylation sites (tertiary alicyclic amines) is 1. The first-order valence-electron chi connectivity index (χ1n) is 8.56. The van der Waals surface area contributed by atoms with E-state index in [1.165, 1.54) is 4.90 Å². The van der Waals surface area contributed by atoms with E-state index in [-0.39, 0.29) is 11.3 Å². The summed E-state index contributed by atoms with van der Waals surface area (Å²) in [6, 6.07) is 15.4. The number of carbonyl (C=O) groups is 2. The minimum Gasteiger partial charge on any atom is -0.507 e. The first kappa shape index (κ1) is 17.7. The van der Waals surface area contributed by atoms with Crippen LogP contribution in [-0.4, -0.2) is 35.4 Å². The molecule has 1 saturated heterocycles. The third-order valence-electron chi connectivity index (χ3n) is 4.48. The number of aliphatic hydroxyl groups excluding tert-OH is 1. The fourth-order valence-corrected chi connectivity index (χ4v) is 3.24. The maximum absolute atomic E-state index is 12.7. The zero-order valence-corrected chi connectivity index (χ0v) is 14.8. The second kappa shape index (κ2) is 7.44. The number of ketones is 1. The Morgan fingerprint density at radius 1 is 1.08 bits per heavy atom. The highest BCUT2D eigenvalue weighted by atomic mass is 16.5. The molecule has 1 atom stereocenters. The second-order valence-corrected chi connectivity index (χ2v) is 6.13. The Morgan fingerprint density at radius 2 is 1.73 bits per heavy atom. The number of carbonyl (C=O) groups excluding carboxylic acids is 2. The Bertz CT molecular complexity index is 840. The van der Waals surface area contributed by atoms with Crippen LogP contribution in [0, 0.1) is 0 Å². The molecule has 26 heavy (non-hydrogen) atoms. The lowest BCUT2D eigenvalue weighted by Gasteiger charge is -2.25. The molecule has 134 valence electrons. The van der Waals surface area contributed by atoms with Gasteiger partial charge in [0.1, 0.15) is 11.5 Å². The molecule has 0 saturated carbocycles. The Labute approximate surface area is 152 Å². The van der Waals surface area contributed by atoms with Crippen LogP contribution in [0.2, 0.25) is 0 Å². The zero-order chi connectivity index (χ0) is 18.7. The lowest BCUT2D eigenvalue weighted by atomic mass is 9.95. The average molecular weight is 351 g/mol. The Morgan fingerprint density at radius 3 is 2.31 bits per heavy atom. The van der Waals surface area contributed by atoms with Crippen molar-refractivity contribution in [2.24, 2.45) is 0 Å². The van der Waals surface area contributed by atoms with Crippen molar-refractivity contribution in [1.82, 2.24) is 4.90 Å². The van der Waals surface area contributed by atoms with Gasteiger partial charge >= 0.3 is 0 Å². The van der Waals surface area contributed by atoms with E-state index < -0.39 is 17.7 Å². The highest BCUT2D eigenvalue weighted by molar-refractivity contribution is 6.46. The van der Waals surface area contributed by atoms with Crippen LogP contribution >= 0.6 is 0 Å². The molecule has 1 fully saturated rings. The molecule has 0 aliphatic carbocycles. The van der Waals surface area contributed by atoms with Crippen molar-refractivity contribution in [2.75, 3.05) is 13.7 Å². The van der Waals surface area contributed by atoms with Crippen molar-refractivity contribution in [3.05, 3.63) is 71.3 Å². The van der Waals surface area contributed by atoms with E-state index in [0.717, 1.165) is 5.56 Å². The highest BCUT2D eigenvalue weighted by Gasteiger charge is 2.45. The summed E-state index contributed by atoms with van der Waals surface area (Å²) in [6.07, 6.45) is 0.713. The van der Waals surface area contributed by atoms with Crippen molar-refractivity contribution < 1.29 is 19.4 Å². The molecule has 0 aromatic heterocycles. The first-order valence-corrected chi connectivity index (χ1v) is 8.56. The minimum atomic E-state index is -0.652. The van der Waals surface area contributed by atoms with Crippen molar-refractivity contribution in [3.63, 3.8) is 0 Å². The van der Waals surface area contributed by atoms with Gasteiger partial charge in [-0.3, -0.25) is 9.59 Å². The number of hydrogen-bond donors (Lipinski definition) is 1. The van der Waals surface area contributed by atoms with Gasteiger partial charge in [-0.15, -0.1) is 0 Å². The molecule has 0 bridgehead atoms. The van der Waals surface area contributed by atoms with Gasteiger partial charge in [-0.25, -0.2) is 0 Å². The number of nitrogens with zero attached hydrogens (tertiary/aromatic N) is 1. The van der Waals surface area contributed by atoms with Crippen LogP contribution in [0.1, 0.15) is 30.5 Å². The molecule has 2 aromatic carbocycles. The van der Waals surface area contributed by atoms with Gasteiger partial charge in [0.15, 0.2) is 0 Å². The fraction of sp³-hybridized carbons (Fsp3) is 0.238. The minimum absolute atomic E-state index is 0.125. The van der Waals surface area contributed by atoms with Crippen LogP contribution in [0.4, 0.5) is 0 Å². The topological polar surface area (TPSA) is 66.8 Å². The molecule has 1 aliphatic heterocycles. The van der Waals surface area contributed by atoms with Gasteiger partial charge in [0, 0.05) is 12.1 Å². The molecule has 5 nitrogen and oxygen atoms in total. The standard InChI is InChI=1S/C21H21NO4/c1-3-13-22-18(14-9-11-16(26-2)12-10-14)17(20(24)21(22)25)19(23)15-7-5-4-6-8-15/h4-12,18,23H,3,13H2,1-2H3/b19-17-. The molecule has 0 radical (unpaired) electrons. The third-order valence-corrected chi connectivity index (χ3v) is 4.48. The number of methoxy groups -OCH3 is 1. The molecular weight excluding hydrogens is 330 g/mol. The monoisotopic (exact) mass is 351 g/mol. The lowest BCUT2D eigenvalue weighted by Crippen LogP contribution is -2.30. The predicted octanol–water partition coefficient (Wildman–Crippen LogP) is 3.53. The van der Waals surface area contributed by atoms with Gasteiger partial charge in [0.2, 0.25) is 0 Å². The number of ether oxygens (including phenoxy) is 1. The summed E-state index contributed by atoms with van der Waals surface area (Å²) in [6.45, 7) is 2.38. The number of rotatable bonds is 5. The molecule has 1 unspecified atom stereocenters. The van der Waals surface area contributed by atoms with Crippen LogP contribution < -0.4 is 4.74 Å². The van der Waals surface area contributed by atoms with Crippen LogP contribution in [0.3, 0.4) is 0 Å². The Hall–Kier alpha value is -3.08. The molecule has 0 spiro atoms. The van der Waals surface area contributed by atoms with Gasteiger partial charge in [-0.05, 0) is 24.1 Å². The molecule has 3 rings (SSSR count). The molecular formula is C21H21NO4. The maximum Gasteiger partial charge on any atom is 0.295 e. The number of amides is 1. The van der Waals surface area contributed by atoms with Crippen molar-refractivity contribution in [3.8, 4) is 5.75 Å². The molecule has 1 heterocycles. The largest absolute Gasteiger partial charge is 0.507 e.